The van der Waals surface area contributed by atoms with Gasteiger partial charge in [0.05, 0.1) is 0 Å². The van der Waals surface area contributed by atoms with Crippen LogP contribution in [0.1, 0.15) is 51.9 Å². The normalized spacial score (nSPS) is 32.2. The van der Waals surface area contributed by atoms with Crippen LogP contribution in [0, 0.1) is 23.7 Å². The van der Waals surface area contributed by atoms with E-state index in [1.807, 2.05) is 0 Å². The Hall–Kier alpha value is -0.440. The monoisotopic (exact) mass is 296 g/mol. The topological polar surface area (TPSA) is 37.3 Å². The number of unbranched alkanes of at least 4 members (excludes halogenated alkanes) is 1. The highest BCUT2D eigenvalue weighted by atomic mass is 32.2. The summed E-state index contributed by atoms with van der Waals surface area (Å²) in [7, 11) is 0. The van der Waals surface area contributed by atoms with Crippen LogP contribution in [0.4, 0.5) is 0 Å². The summed E-state index contributed by atoms with van der Waals surface area (Å²) in [6.45, 7) is 2.26. The first kappa shape index (κ1) is 15.9. The largest absolute Gasteiger partial charge is 0.481 e. The number of hydrogen-bond donors (Lipinski definition) is 1. The Balaban J connectivity index is 1.72. The second kappa shape index (κ2) is 8.11. The first-order chi connectivity index (χ1) is 9.72. The number of rotatable bonds is 9. The number of aliphatic carboxylic acids is 1. The zero-order valence-corrected chi connectivity index (χ0v) is 13.4. The smallest absolute Gasteiger partial charge is 0.303 e. The number of fused-ring (bicyclic) bond motifs is 2. The van der Waals surface area contributed by atoms with E-state index >= 15 is 0 Å². The van der Waals surface area contributed by atoms with Crippen molar-refractivity contribution in [1.29, 1.82) is 0 Å². The van der Waals surface area contributed by atoms with E-state index < -0.39 is 5.97 Å². The Labute approximate surface area is 127 Å². The van der Waals surface area contributed by atoms with Gasteiger partial charge in [0.25, 0.3) is 0 Å². The van der Waals surface area contributed by atoms with Gasteiger partial charge in [-0.3, -0.25) is 4.79 Å². The Kier molecular flexibility index (Phi) is 6.47. The zero-order chi connectivity index (χ0) is 14.4. The van der Waals surface area contributed by atoms with Gasteiger partial charge in [-0.15, -0.1) is 0 Å². The van der Waals surface area contributed by atoms with E-state index in [0.717, 1.165) is 36.5 Å². The van der Waals surface area contributed by atoms with Crippen molar-refractivity contribution in [1.82, 2.24) is 0 Å². The minimum Gasteiger partial charge on any atom is -0.481 e. The SMILES string of the molecule is CCSC[C@@H]1[C@@H]2CC[C@@H](C2)[C@@H]1CC=CCCCC(=O)O. The van der Waals surface area contributed by atoms with Crippen LogP contribution in [0.2, 0.25) is 0 Å². The lowest BCUT2D eigenvalue weighted by molar-refractivity contribution is -0.137. The average molecular weight is 296 g/mol. The molecule has 0 aliphatic heterocycles. The van der Waals surface area contributed by atoms with Gasteiger partial charge in [-0.05, 0) is 73.7 Å². The molecule has 0 unspecified atom stereocenters. The predicted molar refractivity (Wildman–Crippen MR) is 86.1 cm³/mol. The fourth-order valence-corrected chi connectivity index (χ4v) is 5.18. The molecule has 0 saturated heterocycles. The molecule has 2 bridgehead atoms. The lowest BCUT2D eigenvalue weighted by Crippen LogP contribution is -2.24. The van der Waals surface area contributed by atoms with E-state index in [-0.39, 0.29) is 0 Å². The Morgan fingerprint density at radius 1 is 1.25 bits per heavy atom. The third kappa shape index (κ3) is 4.28. The van der Waals surface area contributed by atoms with E-state index in [2.05, 4.69) is 30.8 Å². The van der Waals surface area contributed by atoms with Crippen LogP contribution >= 0.6 is 11.8 Å². The molecule has 0 aromatic heterocycles. The van der Waals surface area contributed by atoms with Crippen molar-refractivity contribution in [3.05, 3.63) is 12.2 Å². The molecular formula is C17H28O2S. The minimum atomic E-state index is -0.678. The van der Waals surface area contributed by atoms with Crippen LogP contribution < -0.4 is 0 Å². The molecule has 2 nitrogen and oxygen atoms in total. The van der Waals surface area contributed by atoms with Crippen molar-refractivity contribution >= 4 is 17.7 Å². The zero-order valence-electron chi connectivity index (χ0n) is 12.6. The van der Waals surface area contributed by atoms with Crippen molar-refractivity contribution < 1.29 is 9.90 Å². The van der Waals surface area contributed by atoms with Crippen molar-refractivity contribution in [3.63, 3.8) is 0 Å². The van der Waals surface area contributed by atoms with E-state index in [4.69, 9.17) is 5.11 Å². The predicted octanol–water partition coefficient (Wildman–Crippen LogP) is 4.60. The molecule has 3 heteroatoms. The number of carboxylic acid groups (broad SMARTS) is 1. The summed E-state index contributed by atoms with van der Waals surface area (Å²) in [4.78, 5) is 10.4. The quantitative estimate of drug-likeness (QED) is 0.499. The Bertz CT molecular complexity index is 340. The van der Waals surface area contributed by atoms with Crippen LogP contribution in [0.3, 0.4) is 0 Å². The van der Waals surface area contributed by atoms with E-state index in [0.29, 0.717) is 6.42 Å². The number of allylic oxidation sites excluding steroid dienone is 2. The average Bonchev–Trinajstić information content (AvgIpc) is 3.01. The highest BCUT2D eigenvalue weighted by Gasteiger charge is 2.46. The molecule has 2 aliphatic rings. The van der Waals surface area contributed by atoms with Crippen LogP contribution in [0.15, 0.2) is 12.2 Å². The minimum absolute atomic E-state index is 0.300. The maximum Gasteiger partial charge on any atom is 0.303 e. The van der Waals surface area contributed by atoms with Gasteiger partial charge in [0.1, 0.15) is 0 Å². The van der Waals surface area contributed by atoms with Gasteiger partial charge >= 0.3 is 5.97 Å². The molecule has 114 valence electrons. The van der Waals surface area contributed by atoms with Gasteiger partial charge in [0, 0.05) is 6.42 Å². The lowest BCUT2D eigenvalue weighted by atomic mass is 9.78. The molecule has 4 atom stereocenters. The van der Waals surface area contributed by atoms with E-state index in [1.165, 1.54) is 37.2 Å². The molecule has 0 aromatic carbocycles. The third-order valence-corrected chi connectivity index (χ3v) is 6.15. The number of carboxylic acids is 1. The molecule has 0 amide bonds. The molecule has 20 heavy (non-hydrogen) atoms. The highest BCUT2D eigenvalue weighted by Crippen LogP contribution is 2.54. The molecule has 2 aliphatic carbocycles. The number of hydrogen-bond acceptors (Lipinski definition) is 2. The van der Waals surface area contributed by atoms with Crippen molar-refractivity contribution in [2.24, 2.45) is 23.7 Å². The summed E-state index contributed by atoms with van der Waals surface area (Å²) < 4.78 is 0. The summed E-state index contributed by atoms with van der Waals surface area (Å²) >= 11 is 2.11. The van der Waals surface area contributed by atoms with Gasteiger partial charge in [-0.25, -0.2) is 0 Å². The van der Waals surface area contributed by atoms with Gasteiger partial charge < -0.3 is 5.11 Å². The van der Waals surface area contributed by atoms with Crippen molar-refractivity contribution in [2.45, 2.75) is 51.9 Å². The first-order valence-electron chi connectivity index (χ1n) is 8.17. The molecule has 1 N–H and O–H groups in total. The maximum atomic E-state index is 10.4. The first-order valence-corrected chi connectivity index (χ1v) is 9.32. The summed E-state index contributed by atoms with van der Waals surface area (Å²) in [5.41, 5.74) is 0. The highest BCUT2D eigenvalue weighted by molar-refractivity contribution is 7.99. The van der Waals surface area contributed by atoms with Crippen LogP contribution in [0.25, 0.3) is 0 Å². The number of thioether (sulfide) groups is 1. The summed E-state index contributed by atoms with van der Waals surface area (Å²) in [5.74, 6) is 5.76. The Morgan fingerprint density at radius 2 is 2.00 bits per heavy atom. The van der Waals surface area contributed by atoms with Crippen LogP contribution in [-0.4, -0.2) is 22.6 Å². The summed E-state index contributed by atoms with van der Waals surface area (Å²) in [6, 6.07) is 0. The molecule has 0 radical (unpaired) electrons. The Morgan fingerprint density at radius 3 is 2.70 bits per heavy atom. The molecule has 0 aromatic rings. The maximum absolute atomic E-state index is 10.4. The van der Waals surface area contributed by atoms with Gasteiger partial charge in [0.15, 0.2) is 0 Å². The van der Waals surface area contributed by atoms with Crippen LogP contribution in [-0.2, 0) is 4.79 Å². The second-order valence-electron chi connectivity index (χ2n) is 6.31. The van der Waals surface area contributed by atoms with Gasteiger partial charge in [-0.1, -0.05) is 19.1 Å². The fourth-order valence-electron chi connectivity index (χ4n) is 4.15. The molecule has 0 heterocycles. The lowest BCUT2D eigenvalue weighted by Gasteiger charge is -2.30. The molecule has 2 fully saturated rings. The molecular weight excluding hydrogens is 268 g/mol. The van der Waals surface area contributed by atoms with E-state index in [9.17, 15) is 4.79 Å². The molecule has 0 spiro atoms. The molecule has 2 saturated carbocycles. The van der Waals surface area contributed by atoms with Crippen molar-refractivity contribution in [3.8, 4) is 0 Å². The summed E-state index contributed by atoms with van der Waals surface area (Å²) in [5, 5.41) is 8.60. The van der Waals surface area contributed by atoms with Crippen LogP contribution in [0.5, 0.6) is 0 Å². The van der Waals surface area contributed by atoms with E-state index in [1.54, 1.807) is 0 Å². The molecule has 2 rings (SSSR count). The third-order valence-electron chi connectivity index (χ3n) is 5.13. The number of carbonyl (C=O) groups is 1. The van der Waals surface area contributed by atoms with Gasteiger partial charge in [-0.2, -0.15) is 11.8 Å². The standard InChI is InChI=1S/C17H28O2S/c1-2-20-12-16-14-10-9-13(11-14)15(16)7-5-3-4-6-8-17(18)19/h3,5,13-16H,2,4,6-12H2,1H3,(H,18,19)/t13-,14+,15-,16+/m0/s1. The fraction of sp³-hybridized carbons (Fsp3) is 0.824. The van der Waals surface area contributed by atoms with Crippen molar-refractivity contribution in [2.75, 3.05) is 11.5 Å². The van der Waals surface area contributed by atoms with Gasteiger partial charge in [0.2, 0.25) is 0 Å². The summed E-state index contributed by atoms with van der Waals surface area (Å²) in [6.07, 6.45) is 12.2. The second-order valence-corrected chi connectivity index (χ2v) is 7.63.